The van der Waals surface area contributed by atoms with Crippen LogP contribution in [0.15, 0.2) is 72.8 Å². The second-order valence-electron chi connectivity index (χ2n) is 6.51. The Morgan fingerprint density at radius 1 is 0.931 bits per heavy atom. The Morgan fingerprint density at radius 2 is 1.55 bits per heavy atom. The van der Waals surface area contributed by atoms with Crippen LogP contribution in [-0.2, 0) is 4.79 Å². The lowest BCUT2D eigenvalue weighted by molar-refractivity contribution is -0.134. The monoisotopic (exact) mass is 384 g/mol. The molecule has 3 aromatic rings. The maximum Gasteiger partial charge on any atom is 0.312 e. The zero-order valence-electron chi connectivity index (χ0n) is 16.0. The molecule has 0 bridgehead atoms. The van der Waals surface area contributed by atoms with E-state index in [0.717, 1.165) is 16.7 Å². The zero-order valence-corrected chi connectivity index (χ0v) is 16.0. The SMILES string of the molecule is Cc1ccccc1C(=O)NCCC(=O)Oc1ccc(-c2ccc(C#N)cc2)cc1. The van der Waals surface area contributed by atoms with Crippen molar-refractivity contribution in [1.82, 2.24) is 5.32 Å². The van der Waals surface area contributed by atoms with E-state index in [9.17, 15) is 9.59 Å². The zero-order chi connectivity index (χ0) is 20.6. The van der Waals surface area contributed by atoms with Crippen LogP contribution in [0.25, 0.3) is 11.1 Å². The largest absolute Gasteiger partial charge is 0.426 e. The van der Waals surface area contributed by atoms with Crippen LogP contribution in [0.5, 0.6) is 5.75 Å². The fraction of sp³-hybridized carbons (Fsp3) is 0.125. The average Bonchev–Trinajstić information content (AvgIpc) is 2.74. The molecule has 144 valence electrons. The fourth-order valence-corrected chi connectivity index (χ4v) is 2.84. The Balaban J connectivity index is 1.50. The van der Waals surface area contributed by atoms with Crippen LogP contribution in [0.4, 0.5) is 0 Å². The molecule has 5 heteroatoms. The number of ether oxygens (including phenoxy) is 1. The van der Waals surface area contributed by atoms with E-state index in [0.29, 0.717) is 16.9 Å². The van der Waals surface area contributed by atoms with E-state index in [-0.39, 0.29) is 18.9 Å². The maximum atomic E-state index is 12.1. The summed E-state index contributed by atoms with van der Waals surface area (Å²) in [6, 6.07) is 23.8. The summed E-state index contributed by atoms with van der Waals surface area (Å²) in [5.41, 5.74) is 4.02. The van der Waals surface area contributed by atoms with Crippen molar-refractivity contribution in [3.05, 3.63) is 89.5 Å². The maximum absolute atomic E-state index is 12.1. The van der Waals surface area contributed by atoms with Crippen molar-refractivity contribution in [1.29, 1.82) is 5.26 Å². The first kappa shape index (κ1) is 19.8. The van der Waals surface area contributed by atoms with E-state index in [2.05, 4.69) is 11.4 Å². The molecule has 0 radical (unpaired) electrons. The number of hydrogen-bond donors (Lipinski definition) is 1. The summed E-state index contributed by atoms with van der Waals surface area (Å²) < 4.78 is 5.32. The molecule has 0 spiro atoms. The van der Waals surface area contributed by atoms with E-state index in [1.807, 2.05) is 43.3 Å². The van der Waals surface area contributed by atoms with Gasteiger partial charge in [0.2, 0.25) is 0 Å². The Kier molecular flexibility index (Phi) is 6.39. The number of esters is 1. The predicted octanol–water partition coefficient (Wildman–Crippen LogP) is 4.26. The molecule has 1 N–H and O–H groups in total. The molecule has 0 aliphatic carbocycles. The summed E-state index contributed by atoms with van der Waals surface area (Å²) in [6.45, 7) is 2.07. The van der Waals surface area contributed by atoms with E-state index < -0.39 is 5.97 Å². The molecule has 0 atom stereocenters. The Labute approximate surface area is 169 Å². The minimum Gasteiger partial charge on any atom is -0.426 e. The number of benzene rings is 3. The molecule has 3 aromatic carbocycles. The lowest BCUT2D eigenvalue weighted by atomic mass is 10.0. The number of carbonyl (C=O) groups excluding carboxylic acids is 2. The minimum atomic E-state index is -0.416. The van der Waals surface area contributed by atoms with Crippen molar-refractivity contribution in [3.8, 4) is 22.9 Å². The quantitative estimate of drug-likeness (QED) is 0.509. The van der Waals surface area contributed by atoms with Crippen LogP contribution in [0, 0.1) is 18.3 Å². The molecule has 0 saturated heterocycles. The second kappa shape index (κ2) is 9.34. The number of carbonyl (C=O) groups is 2. The highest BCUT2D eigenvalue weighted by Gasteiger charge is 2.10. The van der Waals surface area contributed by atoms with Crippen LogP contribution in [0.3, 0.4) is 0 Å². The van der Waals surface area contributed by atoms with Crippen molar-refractivity contribution in [3.63, 3.8) is 0 Å². The third-order valence-corrected chi connectivity index (χ3v) is 4.44. The third kappa shape index (κ3) is 5.30. The van der Waals surface area contributed by atoms with Crippen LogP contribution < -0.4 is 10.1 Å². The molecule has 0 heterocycles. The van der Waals surface area contributed by atoms with Crippen LogP contribution in [0.1, 0.15) is 27.9 Å². The number of amides is 1. The van der Waals surface area contributed by atoms with Crippen molar-refractivity contribution in [2.75, 3.05) is 6.54 Å². The number of hydrogen-bond acceptors (Lipinski definition) is 4. The second-order valence-corrected chi connectivity index (χ2v) is 6.51. The number of aryl methyl sites for hydroxylation is 1. The fourth-order valence-electron chi connectivity index (χ4n) is 2.84. The minimum absolute atomic E-state index is 0.0784. The molecular formula is C24H20N2O3. The Hall–Kier alpha value is -3.91. The summed E-state index contributed by atoms with van der Waals surface area (Å²) in [7, 11) is 0. The van der Waals surface area contributed by atoms with E-state index >= 15 is 0 Å². The number of nitriles is 1. The standard InChI is InChI=1S/C24H20N2O3/c1-17-4-2-3-5-22(17)24(28)26-15-14-23(27)29-21-12-10-20(11-13-21)19-8-6-18(16-25)7-9-19/h2-13H,14-15H2,1H3,(H,26,28). The highest BCUT2D eigenvalue weighted by molar-refractivity contribution is 5.95. The lowest BCUT2D eigenvalue weighted by Gasteiger charge is -2.08. The van der Waals surface area contributed by atoms with Crippen molar-refractivity contribution in [2.24, 2.45) is 0 Å². The summed E-state index contributed by atoms with van der Waals surface area (Å²) in [6.07, 6.45) is 0.0784. The van der Waals surface area contributed by atoms with Crippen LogP contribution >= 0.6 is 0 Å². The first-order valence-corrected chi connectivity index (χ1v) is 9.22. The van der Waals surface area contributed by atoms with Crippen LogP contribution in [0.2, 0.25) is 0 Å². The molecule has 0 aliphatic heterocycles. The molecule has 0 saturated carbocycles. The topological polar surface area (TPSA) is 79.2 Å². The molecule has 0 fully saturated rings. The highest BCUT2D eigenvalue weighted by atomic mass is 16.5. The molecular weight excluding hydrogens is 364 g/mol. The molecule has 0 aromatic heterocycles. The van der Waals surface area contributed by atoms with Gasteiger partial charge in [0.1, 0.15) is 5.75 Å². The molecule has 3 rings (SSSR count). The van der Waals surface area contributed by atoms with E-state index in [1.165, 1.54) is 0 Å². The number of nitrogens with one attached hydrogen (secondary N) is 1. The lowest BCUT2D eigenvalue weighted by Crippen LogP contribution is -2.27. The summed E-state index contributed by atoms with van der Waals surface area (Å²) >= 11 is 0. The van der Waals surface area contributed by atoms with Gasteiger partial charge in [0, 0.05) is 12.1 Å². The van der Waals surface area contributed by atoms with Gasteiger partial charge in [-0.3, -0.25) is 9.59 Å². The average molecular weight is 384 g/mol. The molecule has 0 unspecified atom stereocenters. The Bertz CT molecular complexity index is 1050. The van der Waals surface area contributed by atoms with Crippen LogP contribution in [-0.4, -0.2) is 18.4 Å². The number of rotatable bonds is 6. The van der Waals surface area contributed by atoms with Gasteiger partial charge in [0.05, 0.1) is 18.1 Å². The van der Waals surface area contributed by atoms with Gasteiger partial charge >= 0.3 is 5.97 Å². The third-order valence-electron chi connectivity index (χ3n) is 4.44. The highest BCUT2D eigenvalue weighted by Crippen LogP contribution is 2.23. The van der Waals surface area contributed by atoms with Gasteiger partial charge in [-0.1, -0.05) is 42.5 Å². The van der Waals surface area contributed by atoms with E-state index in [4.69, 9.17) is 10.00 Å². The Morgan fingerprint density at radius 3 is 2.17 bits per heavy atom. The van der Waals surface area contributed by atoms with Crippen molar-refractivity contribution in [2.45, 2.75) is 13.3 Å². The van der Waals surface area contributed by atoms with Crippen molar-refractivity contribution < 1.29 is 14.3 Å². The van der Waals surface area contributed by atoms with Gasteiger partial charge in [-0.25, -0.2) is 0 Å². The van der Waals surface area contributed by atoms with Gasteiger partial charge in [-0.2, -0.15) is 5.26 Å². The predicted molar refractivity (Wildman–Crippen MR) is 110 cm³/mol. The first-order valence-electron chi connectivity index (χ1n) is 9.22. The van der Waals surface area contributed by atoms with Crippen molar-refractivity contribution >= 4 is 11.9 Å². The van der Waals surface area contributed by atoms with Gasteiger partial charge < -0.3 is 10.1 Å². The number of nitrogens with zero attached hydrogens (tertiary/aromatic N) is 1. The molecule has 0 aliphatic rings. The summed E-state index contributed by atoms with van der Waals surface area (Å²) in [5, 5.41) is 11.6. The van der Waals surface area contributed by atoms with E-state index in [1.54, 1.807) is 36.4 Å². The van der Waals surface area contributed by atoms with Gasteiger partial charge in [0.25, 0.3) is 5.91 Å². The normalized spacial score (nSPS) is 10.1. The smallest absolute Gasteiger partial charge is 0.312 e. The molecule has 5 nitrogen and oxygen atoms in total. The first-order chi connectivity index (χ1) is 14.1. The van der Waals surface area contributed by atoms with Gasteiger partial charge in [-0.05, 0) is 53.9 Å². The molecule has 1 amide bonds. The summed E-state index contributed by atoms with van der Waals surface area (Å²) in [5.74, 6) is -0.179. The van der Waals surface area contributed by atoms with Gasteiger partial charge in [-0.15, -0.1) is 0 Å². The molecule has 29 heavy (non-hydrogen) atoms. The summed E-state index contributed by atoms with van der Waals surface area (Å²) in [4.78, 5) is 24.2. The van der Waals surface area contributed by atoms with Gasteiger partial charge in [0.15, 0.2) is 0 Å².